The number of rotatable bonds is 9. The van der Waals surface area contributed by atoms with Crippen LogP contribution in [0.2, 0.25) is 0 Å². The van der Waals surface area contributed by atoms with Crippen LogP contribution in [0.5, 0.6) is 0 Å². The lowest BCUT2D eigenvalue weighted by Crippen LogP contribution is -2.47. The molecule has 2 aliphatic rings. The summed E-state index contributed by atoms with van der Waals surface area (Å²) in [7, 11) is 2.09. The van der Waals surface area contributed by atoms with E-state index < -0.39 is 0 Å². The van der Waals surface area contributed by atoms with E-state index in [4.69, 9.17) is 12.2 Å². The molecule has 35 heavy (non-hydrogen) atoms. The third kappa shape index (κ3) is 5.82. The van der Waals surface area contributed by atoms with Crippen molar-refractivity contribution in [2.24, 2.45) is 5.92 Å². The van der Waals surface area contributed by atoms with E-state index in [9.17, 15) is 14.9 Å². The second-order valence-corrected chi connectivity index (χ2v) is 11.1. The van der Waals surface area contributed by atoms with E-state index in [1.165, 1.54) is 11.8 Å². The number of aromatic nitrogens is 1. The largest absolute Gasteiger partial charge is 0.355 e. The van der Waals surface area contributed by atoms with Crippen LogP contribution >= 0.6 is 24.0 Å². The summed E-state index contributed by atoms with van der Waals surface area (Å²) >= 11 is 6.94. The molecule has 3 heterocycles. The molecule has 190 valence electrons. The van der Waals surface area contributed by atoms with E-state index in [0.717, 1.165) is 63.2 Å². The van der Waals surface area contributed by atoms with Gasteiger partial charge in [0.2, 0.25) is 0 Å². The van der Waals surface area contributed by atoms with Gasteiger partial charge in [0, 0.05) is 44.8 Å². The number of carbonyl (C=O) groups excluding carboxylic acids is 1. The van der Waals surface area contributed by atoms with Gasteiger partial charge in [0.1, 0.15) is 21.8 Å². The SMILES string of the molecule is CCCCC(CC)CN1C(=O)/C(=C\c2c(C)c(C#N)c(=O)n(CC)c2N2CCN(C)CC2)SC1=S. The number of thiocarbonyl (C=S) groups is 1. The van der Waals surface area contributed by atoms with Crippen molar-refractivity contribution >= 4 is 46.1 Å². The van der Waals surface area contributed by atoms with Crippen molar-refractivity contribution in [1.29, 1.82) is 5.26 Å². The minimum atomic E-state index is -0.271. The van der Waals surface area contributed by atoms with Crippen molar-refractivity contribution < 1.29 is 4.79 Å². The highest BCUT2D eigenvalue weighted by atomic mass is 32.2. The number of nitriles is 1. The molecule has 1 atom stereocenters. The third-order valence-corrected chi connectivity index (χ3v) is 8.48. The number of anilines is 1. The molecular weight excluding hydrogens is 478 g/mol. The van der Waals surface area contributed by atoms with Gasteiger partial charge in [-0.05, 0) is 44.9 Å². The van der Waals surface area contributed by atoms with Crippen LogP contribution in [0.3, 0.4) is 0 Å². The zero-order valence-electron chi connectivity index (χ0n) is 21.6. The molecule has 3 rings (SSSR count). The highest BCUT2D eigenvalue weighted by molar-refractivity contribution is 8.26. The summed E-state index contributed by atoms with van der Waals surface area (Å²) in [6.07, 6.45) is 6.24. The molecule has 2 saturated heterocycles. The van der Waals surface area contributed by atoms with Crippen LogP contribution in [0.15, 0.2) is 9.70 Å². The molecule has 2 aliphatic heterocycles. The maximum atomic E-state index is 13.5. The number of carbonyl (C=O) groups is 1. The fraction of sp³-hybridized carbons (Fsp3) is 0.615. The molecule has 1 amide bonds. The van der Waals surface area contributed by atoms with Crippen LogP contribution in [0, 0.1) is 24.2 Å². The third-order valence-electron chi connectivity index (χ3n) is 7.10. The Morgan fingerprint density at radius 1 is 1.17 bits per heavy atom. The van der Waals surface area contributed by atoms with Gasteiger partial charge in [-0.3, -0.25) is 19.1 Å². The van der Waals surface area contributed by atoms with Gasteiger partial charge in [-0.1, -0.05) is 57.1 Å². The second kappa shape index (κ2) is 12.2. The summed E-state index contributed by atoms with van der Waals surface area (Å²) in [5.41, 5.74) is 1.26. The standard InChI is InChI=1S/C26H37N5O2S2/c1-6-9-10-19(7-2)17-31-25(33)22(35-26(31)34)15-20-18(4)21(16-27)24(32)30(8-3)23(20)29-13-11-28(5)12-14-29/h15,19H,6-14,17H2,1-5H3/b22-15+. The number of nitrogens with zero attached hydrogens (tertiary/aromatic N) is 5. The zero-order valence-corrected chi connectivity index (χ0v) is 23.2. The lowest BCUT2D eigenvalue weighted by atomic mass is 9.99. The molecule has 2 fully saturated rings. The predicted octanol–water partition coefficient (Wildman–Crippen LogP) is 4.22. The molecule has 0 aliphatic carbocycles. The Kier molecular flexibility index (Phi) is 9.56. The molecule has 0 spiro atoms. The molecule has 9 heteroatoms. The summed E-state index contributed by atoms with van der Waals surface area (Å²) < 4.78 is 2.26. The van der Waals surface area contributed by atoms with Crippen LogP contribution in [-0.4, -0.2) is 64.4 Å². The van der Waals surface area contributed by atoms with Crippen LogP contribution in [-0.2, 0) is 11.3 Å². The minimum absolute atomic E-state index is 0.0774. The summed E-state index contributed by atoms with van der Waals surface area (Å²) in [6, 6.07) is 2.11. The van der Waals surface area contributed by atoms with Gasteiger partial charge in [0.25, 0.3) is 11.5 Å². The Morgan fingerprint density at radius 2 is 1.86 bits per heavy atom. The van der Waals surface area contributed by atoms with E-state index >= 15 is 0 Å². The number of hydrogen-bond acceptors (Lipinski definition) is 7. The molecular formula is C26H37N5O2S2. The number of likely N-dealkylation sites (N-methyl/N-ethyl adjacent to an activating group) is 1. The van der Waals surface area contributed by atoms with Gasteiger partial charge >= 0.3 is 0 Å². The smallest absolute Gasteiger partial charge is 0.270 e. The average Bonchev–Trinajstić information content (AvgIpc) is 3.11. The van der Waals surface area contributed by atoms with E-state index in [0.29, 0.717) is 33.8 Å². The van der Waals surface area contributed by atoms with Crippen molar-refractivity contribution in [3.05, 3.63) is 31.9 Å². The van der Waals surface area contributed by atoms with E-state index in [-0.39, 0.29) is 17.0 Å². The van der Waals surface area contributed by atoms with Crippen molar-refractivity contribution in [3.63, 3.8) is 0 Å². The van der Waals surface area contributed by atoms with Crippen molar-refractivity contribution in [3.8, 4) is 6.07 Å². The van der Waals surface area contributed by atoms with Crippen LogP contribution in [0.1, 0.15) is 63.1 Å². The van der Waals surface area contributed by atoms with E-state index in [2.05, 4.69) is 36.8 Å². The Hall–Kier alpha value is -2.15. The Bertz CT molecular complexity index is 1100. The van der Waals surface area contributed by atoms with Crippen LogP contribution in [0.4, 0.5) is 5.82 Å². The topological polar surface area (TPSA) is 72.6 Å². The maximum absolute atomic E-state index is 13.5. The van der Waals surface area contributed by atoms with Gasteiger partial charge in [-0.25, -0.2) is 0 Å². The van der Waals surface area contributed by atoms with Crippen molar-refractivity contribution in [2.75, 3.05) is 44.7 Å². The Labute approximate surface area is 218 Å². The first-order chi connectivity index (χ1) is 16.8. The maximum Gasteiger partial charge on any atom is 0.270 e. The van der Waals surface area contributed by atoms with Crippen LogP contribution in [0.25, 0.3) is 6.08 Å². The molecule has 0 N–H and O–H groups in total. The first kappa shape index (κ1) is 27.4. The van der Waals surface area contributed by atoms with Gasteiger partial charge < -0.3 is 9.80 Å². The monoisotopic (exact) mass is 515 g/mol. The molecule has 7 nitrogen and oxygen atoms in total. The number of piperazine rings is 1. The number of pyridine rings is 1. The van der Waals surface area contributed by atoms with Crippen LogP contribution < -0.4 is 10.5 Å². The average molecular weight is 516 g/mol. The van der Waals surface area contributed by atoms with E-state index in [1.54, 1.807) is 9.47 Å². The summed E-state index contributed by atoms with van der Waals surface area (Å²) in [5, 5.41) is 9.77. The molecule has 0 bridgehead atoms. The summed E-state index contributed by atoms with van der Waals surface area (Å²) in [4.78, 5) is 33.4. The summed E-state index contributed by atoms with van der Waals surface area (Å²) in [6.45, 7) is 12.5. The quantitative estimate of drug-likeness (QED) is 0.360. The first-order valence-corrected chi connectivity index (χ1v) is 13.9. The normalized spacial score (nSPS) is 19.0. The fourth-order valence-corrected chi connectivity index (χ4v) is 6.02. The fourth-order valence-electron chi connectivity index (χ4n) is 4.76. The molecule has 0 aromatic carbocycles. The number of thioether (sulfide) groups is 1. The first-order valence-electron chi connectivity index (χ1n) is 12.6. The molecule has 0 radical (unpaired) electrons. The van der Waals surface area contributed by atoms with Gasteiger partial charge in [0.15, 0.2) is 0 Å². The Morgan fingerprint density at radius 3 is 2.43 bits per heavy atom. The highest BCUT2D eigenvalue weighted by Crippen LogP contribution is 2.37. The zero-order chi connectivity index (χ0) is 25.7. The molecule has 1 aromatic heterocycles. The molecule has 1 unspecified atom stereocenters. The lowest BCUT2D eigenvalue weighted by molar-refractivity contribution is -0.122. The Balaban J connectivity index is 2.06. The molecule has 0 saturated carbocycles. The number of unbranched alkanes of at least 4 members (excludes halogenated alkanes) is 1. The number of hydrogen-bond donors (Lipinski definition) is 0. The van der Waals surface area contributed by atoms with Gasteiger partial charge in [-0.15, -0.1) is 0 Å². The van der Waals surface area contributed by atoms with Crippen molar-refractivity contribution in [1.82, 2.24) is 14.4 Å². The van der Waals surface area contributed by atoms with Gasteiger partial charge in [0.05, 0.1) is 4.91 Å². The highest BCUT2D eigenvalue weighted by Gasteiger charge is 2.34. The summed E-state index contributed by atoms with van der Waals surface area (Å²) in [5.74, 6) is 1.14. The predicted molar refractivity (Wildman–Crippen MR) is 149 cm³/mol. The molecule has 1 aromatic rings. The van der Waals surface area contributed by atoms with Gasteiger partial charge in [-0.2, -0.15) is 5.26 Å². The van der Waals surface area contributed by atoms with E-state index in [1.807, 2.05) is 19.9 Å². The number of amides is 1. The lowest BCUT2D eigenvalue weighted by Gasteiger charge is -2.36. The minimum Gasteiger partial charge on any atom is -0.355 e. The second-order valence-electron chi connectivity index (χ2n) is 9.40. The van der Waals surface area contributed by atoms with Crippen molar-refractivity contribution in [2.45, 2.75) is 59.9 Å².